The van der Waals surface area contributed by atoms with Crippen LogP contribution < -0.4 is 36.8 Å². The third-order valence-corrected chi connectivity index (χ3v) is 16.3. The number of carbonyl (C=O) groups excluding carboxylic acids is 6. The van der Waals surface area contributed by atoms with E-state index in [1.807, 2.05) is 84.9 Å². The number of anilines is 3. The molecule has 0 aliphatic carbocycles. The van der Waals surface area contributed by atoms with Crippen LogP contribution in [0.2, 0.25) is 0 Å². The fourth-order valence-corrected chi connectivity index (χ4v) is 11.3. The van der Waals surface area contributed by atoms with E-state index in [2.05, 4.69) is 185 Å². The largest absolute Gasteiger partial charge is 0.379 e. The molecule has 0 radical (unpaired) electrons. The van der Waals surface area contributed by atoms with Crippen molar-refractivity contribution in [3.63, 3.8) is 0 Å². The van der Waals surface area contributed by atoms with Crippen molar-refractivity contribution in [3.05, 3.63) is 196 Å². The highest BCUT2D eigenvalue weighted by molar-refractivity contribution is 6.05. The van der Waals surface area contributed by atoms with E-state index in [1.165, 1.54) is 69.4 Å². The second-order valence-corrected chi connectivity index (χ2v) is 28.6. The van der Waals surface area contributed by atoms with Crippen molar-refractivity contribution in [1.29, 1.82) is 0 Å². The van der Waals surface area contributed by atoms with Crippen molar-refractivity contribution in [1.82, 2.24) is 36.0 Å². The predicted octanol–water partition coefficient (Wildman–Crippen LogP) is 14.9. The fourth-order valence-electron chi connectivity index (χ4n) is 11.3. The van der Waals surface area contributed by atoms with E-state index in [0.717, 1.165) is 124 Å². The van der Waals surface area contributed by atoms with Crippen LogP contribution in [0.15, 0.2) is 146 Å². The summed E-state index contributed by atoms with van der Waals surface area (Å²) in [5.41, 5.74) is 14.0. The van der Waals surface area contributed by atoms with E-state index in [0.29, 0.717) is 23.7 Å². The number of hydrogen-bond donors (Lipinski definition) is 6. The number of likely N-dealkylation sites (N-methyl/N-ethyl adjacent to an activating group) is 1. The van der Waals surface area contributed by atoms with Gasteiger partial charge in [0, 0.05) is 78.0 Å². The number of nitrogens with one attached hydrogen (secondary N) is 6. The third-order valence-electron chi connectivity index (χ3n) is 16.3. The Balaban J connectivity index is 0.000000215. The lowest BCUT2D eigenvalue weighted by Crippen LogP contribution is -2.36. The summed E-state index contributed by atoms with van der Waals surface area (Å²) >= 11 is 0. The number of carbonyl (C=O) groups is 6. The van der Waals surface area contributed by atoms with Crippen molar-refractivity contribution in [3.8, 4) is 0 Å². The number of hydrogen-bond acceptors (Lipinski definition) is 10. The monoisotopic (exact) mass is 1360 g/mol. The molecule has 0 saturated carbocycles. The standard InChI is InChI=1S/C15H23NO.C14H18N2O2.C14H21NO.C13H16N2O2.C13H20N2O.C12H18N2O/c1-13(2)11-14-3-5-15(6-4-14)12-16-7-9-17-10-8-16;1-9(2)8-10-4-6-11(7-5-10)12-13(17)16(3)14(18)15-12;1-12(2)11-13-3-5-14(6-4-13)15-7-9-16-10-8-15;1-8(2)7-9-3-5-10(6-4-9)11-12(16)15-13(17)14-11;1-10(2)9-11-5-7-12(8-6-11)14-13(16)15(3)4;1-9(2)8-10-4-6-11(7-5-10)14-12(15)13-3/h3-6,13H,7-12H2,1-2H3;4-7,9,12H,8H2,1-3H3,(H,15,18);3-6,12H,7-11H2,1-2H3;3-6,8,11H,7H2,1-2H3,(H2,14,15,16,17);5-8,10H,9H2,1-4H3,(H,14,16);4-7,9H,8H2,1-3H3,(H2,13,14,15). The van der Waals surface area contributed by atoms with Gasteiger partial charge in [0.05, 0.1) is 26.4 Å². The van der Waals surface area contributed by atoms with Crippen LogP contribution in [0.1, 0.15) is 145 Å². The summed E-state index contributed by atoms with van der Waals surface area (Å²) in [6.07, 6.45) is 6.53. The van der Waals surface area contributed by atoms with Gasteiger partial charge in [-0.3, -0.25) is 24.7 Å². The van der Waals surface area contributed by atoms with Crippen LogP contribution in [0.3, 0.4) is 0 Å². The first-order chi connectivity index (χ1) is 47.1. The SMILES string of the molecule is CC(C)Cc1ccc(C2NC(=O)N(C)C2=O)cc1.CC(C)Cc1ccc(C2NC(=O)NC2=O)cc1.CC(C)Cc1ccc(CN2CCOCC2)cc1.CC(C)Cc1ccc(N2CCOCC2)cc1.CC(C)Cc1ccc(NC(=O)N(C)C)cc1.CNC(=O)Nc1ccc(CC(C)C)cc1. The van der Waals surface area contributed by atoms with Gasteiger partial charge in [-0.15, -0.1) is 0 Å². The second kappa shape index (κ2) is 42.4. The van der Waals surface area contributed by atoms with E-state index in [-0.39, 0.29) is 29.9 Å². The first kappa shape index (κ1) is 81.1. The minimum Gasteiger partial charge on any atom is -0.379 e. The lowest BCUT2D eigenvalue weighted by Gasteiger charge is -2.29. The maximum absolute atomic E-state index is 11.8. The number of benzene rings is 6. The molecule has 18 nitrogen and oxygen atoms in total. The van der Waals surface area contributed by atoms with E-state index in [1.54, 1.807) is 21.1 Å². The molecular formula is C81H116N10O8. The number of morpholine rings is 2. The Labute approximate surface area is 592 Å². The van der Waals surface area contributed by atoms with Crippen LogP contribution >= 0.6 is 0 Å². The number of ether oxygens (including phenoxy) is 2. The van der Waals surface area contributed by atoms with Crippen molar-refractivity contribution in [2.75, 3.05) is 96.3 Å². The Hall–Kier alpha value is -8.58. The average molecular weight is 1360 g/mol. The molecule has 4 aliphatic rings. The normalized spacial score (nSPS) is 15.8. The molecule has 0 bridgehead atoms. The van der Waals surface area contributed by atoms with Crippen molar-refractivity contribution in [2.24, 2.45) is 35.5 Å². The summed E-state index contributed by atoms with van der Waals surface area (Å²) in [5.74, 6) is 3.51. The van der Waals surface area contributed by atoms with Gasteiger partial charge in [-0.2, -0.15) is 0 Å². The molecule has 6 N–H and O–H groups in total. The Morgan fingerprint density at radius 3 is 1.15 bits per heavy atom. The van der Waals surface area contributed by atoms with Crippen LogP contribution in [0.25, 0.3) is 0 Å². The van der Waals surface area contributed by atoms with Gasteiger partial charge in [-0.1, -0.05) is 192 Å². The maximum Gasteiger partial charge on any atom is 0.324 e. The zero-order chi connectivity index (χ0) is 72.6. The Kier molecular flexibility index (Phi) is 34.7. The number of imide groups is 2. The highest BCUT2D eigenvalue weighted by Crippen LogP contribution is 2.24. The van der Waals surface area contributed by atoms with Gasteiger partial charge in [0.15, 0.2) is 0 Å². The van der Waals surface area contributed by atoms with Crippen LogP contribution in [0, 0.1) is 35.5 Å². The predicted molar refractivity (Wildman–Crippen MR) is 403 cm³/mol. The molecule has 10 amide bonds. The summed E-state index contributed by atoms with van der Waals surface area (Å²) in [6.45, 7) is 35.2. The minimum absolute atomic E-state index is 0.100. The van der Waals surface area contributed by atoms with Gasteiger partial charge in [-0.05, 0) is 161 Å². The lowest BCUT2D eigenvalue weighted by atomic mass is 9.99. The molecule has 4 fully saturated rings. The molecule has 0 aromatic heterocycles. The van der Waals surface area contributed by atoms with Crippen LogP contribution in [-0.4, -0.2) is 131 Å². The van der Waals surface area contributed by atoms with E-state index >= 15 is 0 Å². The van der Waals surface area contributed by atoms with Crippen molar-refractivity contribution < 1.29 is 38.2 Å². The molecule has 18 heteroatoms. The van der Waals surface area contributed by atoms with Gasteiger partial charge in [0.25, 0.3) is 11.8 Å². The maximum atomic E-state index is 11.8. The number of rotatable bonds is 19. The third kappa shape index (κ3) is 30.6. The summed E-state index contributed by atoms with van der Waals surface area (Å²) < 4.78 is 10.7. The molecule has 6 aromatic rings. The first-order valence-electron chi connectivity index (χ1n) is 35.5. The van der Waals surface area contributed by atoms with Gasteiger partial charge in [-0.25, -0.2) is 19.2 Å². The highest BCUT2D eigenvalue weighted by atomic mass is 16.5. The number of nitrogens with zero attached hydrogens (tertiary/aromatic N) is 4. The van der Waals surface area contributed by atoms with Crippen molar-refractivity contribution in [2.45, 2.75) is 140 Å². The number of amides is 10. The van der Waals surface area contributed by atoms with E-state index in [4.69, 9.17) is 9.47 Å². The minimum atomic E-state index is -0.546. The average Bonchev–Trinajstić information content (AvgIpc) is 1.70. The Morgan fingerprint density at radius 2 is 0.808 bits per heavy atom. The molecule has 10 rings (SSSR count). The summed E-state index contributed by atoms with van der Waals surface area (Å²) in [6, 6.07) is 47.6. The molecule has 4 saturated heterocycles. The zero-order valence-electron chi connectivity index (χ0n) is 62.1. The van der Waals surface area contributed by atoms with Crippen LogP contribution in [0.4, 0.5) is 36.2 Å². The van der Waals surface area contributed by atoms with E-state index < -0.39 is 18.1 Å². The molecule has 2 atom stereocenters. The molecule has 4 heterocycles. The Morgan fingerprint density at radius 1 is 0.465 bits per heavy atom. The molecule has 4 aliphatic heterocycles. The molecule has 0 spiro atoms. The van der Waals surface area contributed by atoms with Gasteiger partial charge in [0.1, 0.15) is 12.1 Å². The Bertz CT molecular complexity index is 3360. The molecule has 538 valence electrons. The molecular weight excluding hydrogens is 1240 g/mol. The molecule has 6 aromatic carbocycles. The smallest absolute Gasteiger partial charge is 0.324 e. The summed E-state index contributed by atoms with van der Waals surface area (Å²) in [5, 5.41) is 15.5. The lowest BCUT2D eigenvalue weighted by molar-refractivity contribution is -0.126. The van der Waals surface area contributed by atoms with Crippen LogP contribution in [-0.2, 0) is 64.1 Å². The van der Waals surface area contributed by atoms with Gasteiger partial charge >= 0.3 is 24.1 Å². The highest BCUT2D eigenvalue weighted by Gasteiger charge is 2.36. The first-order valence-corrected chi connectivity index (χ1v) is 35.5. The van der Waals surface area contributed by atoms with Crippen molar-refractivity contribution >= 4 is 53.0 Å². The molecule has 99 heavy (non-hydrogen) atoms. The fraction of sp³-hybridized carbons (Fsp3) is 0.481. The van der Waals surface area contributed by atoms with Crippen LogP contribution in [0.5, 0.6) is 0 Å². The van der Waals surface area contributed by atoms with E-state index in [9.17, 15) is 28.8 Å². The summed E-state index contributed by atoms with van der Waals surface area (Å²) in [7, 11) is 6.54. The zero-order valence-corrected chi connectivity index (χ0v) is 62.1. The number of urea groups is 4. The quantitative estimate of drug-likeness (QED) is 0.0423. The second-order valence-electron chi connectivity index (χ2n) is 28.6. The summed E-state index contributed by atoms with van der Waals surface area (Å²) in [4.78, 5) is 75.6. The van der Waals surface area contributed by atoms with Gasteiger partial charge < -0.3 is 45.9 Å². The van der Waals surface area contributed by atoms with Gasteiger partial charge in [0.2, 0.25) is 0 Å². The molecule has 2 unspecified atom stereocenters. The topological polar surface area (TPSA) is 206 Å².